The summed E-state index contributed by atoms with van der Waals surface area (Å²) in [5, 5.41) is 15.3. The molecule has 1 fully saturated rings. The number of hydrogen-bond acceptors (Lipinski definition) is 8. The van der Waals surface area contributed by atoms with Crippen LogP contribution in [-0.2, 0) is 9.59 Å². The fourth-order valence-corrected chi connectivity index (χ4v) is 5.58. The second-order valence-corrected chi connectivity index (χ2v) is 9.05. The highest BCUT2D eigenvalue weighted by Gasteiger charge is 2.48. The van der Waals surface area contributed by atoms with Crippen molar-refractivity contribution in [3.05, 3.63) is 76.0 Å². The number of aliphatic hydroxyl groups is 1. The quantitative estimate of drug-likeness (QED) is 0.247. The molecule has 5 rings (SSSR count). The summed E-state index contributed by atoms with van der Waals surface area (Å²) in [6, 6.07) is 13.3. The topological polar surface area (TPSA) is 89.0 Å². The minimum absolute atomic E-state index is 0.000244. The molecule has 7 nitrogen and oxygen atoms in total. The van der Waals surface area contributed by atoms with Gasteiger partial charge in [-0.25, -0.2) is 4.98 Å². The van der Waals surface area contributed by atoms with Gasteiger partial charge in [0.2, 0.25) is 0 Å². The molecule has 4 aromatic rings. The molecule has 1 aliphatic rings. The SMILES string of the molecule is COc1ccc2nc(N3C(=O)C(=O)C(=C(O)c4ccccc4OC)C3c3ccsc3)sc2c1. The second kappa shape index (κ2) is 8.34. The van der Waals surface area contributed by atoms with Crippen molar-refractivity contribution in [1.82, 2.24) is 4.98 Å². The molecule has 0 aliphatic carbocycles. The van der Waals surface area contributed by atoms with E-state index in [-0.39, 0.29) is 11.3 Å². The minimum Gasteiger partial charge on any atom is -0.507 e. The number of hydrogen-bond donors (Lipinski definition) is 1. The first-order chi connectivity index (χ1) is 16.0. The van der Waals surface area contributed by atoms with Crippen LogP contribution in [0.3, 0.4) is 0 Å². The van der Waals surface area contributed by atoms with E-state index >= 15 is 0 Å². The van der Waals surface area contributed by atoms with Gasteiger partial charge >= 0.3 is 5.91 Å². The van der Waals surface area contributed by atoms with Crippen molar-refractivity contribution in [3.63, 3.8) is 0 Å². The first-order valence-corrected chi connectivity index (χ1v) is 11.7. The predicted molar refractivity (Wildman–Crippen MR) is 128 cm³/mol. The maximum absolute atomic E-state index is 13.3. The number of thiazole rings is 1. The summed E-state index contributed by atoms with van der Waals surface area (Å²) in [6.45, 7) is 0. The van der Waals surface area contributed by atoms with Gasteiger partial charge in [-0.2, -0.15) is 11.3 Å². The van der Waals surface area contributed by atoms with Gasteiger partial charge in [-0.15, -0.1) is 0 Å². The second-order valence-electron chi connectivity index (χ2n) is 7.26. The molecule has 1 aliphatic heterocycles. The van der Waals surface area contributed by atoms with Gasteiger partial charge in [0.25, 0.3) is 5.78 Å². The number of aromatic nitrogens is 1. The Balaban J connectivity index is 1.71. The summed E-state index contributed by atoms with van der Waals surface area (Å²) in [6.07, 6.45) is 0. The van der Waals surface area contributed by atoms with Crippen molar-refractivity contribution in [2.24, 2.45) is 0 Å². The zero-order valence-corrected chi connectivity index (χ0v) is 19.3. The van der Waals surface area contributed by atoms with Gasteiger partial charge in [0.05, 0.1) is 41.6 Å². The molecule has 33 heavy (non-hydrogen) atoms. The third-order valence-electron chi connectivity index (χ3n) is 5.46. The van der Waals surface area contributed by atoms with E-state index in [1.807, 2.05) is 22.9 Å². The largest absolute Gasteiger partial charge is 0.507 e. The zero-order valence-electron chi connectivity index (χ0n) is 17.6. The van der Waals surface area contributed by atoms with Crippen LogP contribution in [0, 0.1) is 0 Å². The molecule has 0 bridgehead atoms. The van der Waals surface area contributed by atoms with Crippen LogP contribution in [0.4, 0.5) is 5.13 Å². The van der Waals surface area contributed by atoms with Crippen LogP contribution in [0.15, 0.2) is 64.9 Å². The average Bonchev–Trinajstić information content (AvgIpc) is 3.56. The highest BCUT2D eigenvalue weighted by Crippen LogP contribution is 2.45. The highest BCUT2D eigenvalue weighted by atomic mass is 32.1. The van der Waals surface area contributed by atoms with Crippen molar-refractivity contribution in [2.75, 3.05) is 19.1 Å². The van der Waals surface area contributed by atoms with Gasteiger partial charge < -0.3 is 14.6 Å². The van der Waals surface area contributed by atoms with Gasteiger partial charge in [0, 0.05) is 0 Å². The number of amides is 1. The monoisotopic (exact) mass is 478 g/mol. The molecule has 0 radical (unpaired) electrons. The molecule has 0 saturated carbocycles. The first-order valence-electron chi connectivity index (χ1n) is 9.94. The summed E-state index contributed by atoms with van der Waals surface area (Å²) >= 11 is 2.73. The number of anilines is 1. The summed E-state index contributed by atoms with van der Waals surface area (Å²) in [7, 11) is 3.06. The van der Waals surface area contributed by atoms with Crippen LogP contribution in [0.25, 0.3) is 16.0 Å². The van der Waals surface area contributed by atoms with Gasteiger partial charge in [-0.3, -0.25) is 14.5 Å². The van der Waals surface area contributed by atoms with Crippen molar-refractivity contribution < 1.29 is 24.2 Å². The number of thiophene rings is 1. The van der Waals surface area contributed by atoms with Gasteiger partial charge in [-0.05, 0) is 52.7 Å². The van der Waals surface area contributed by atoms with E-state index in [0.717, 1.165) is 4.70 Å². The first kappa shape index (κ1) is 21.2. The third-order valence-corrected chi connectivity index (χ3v) is 7.17. The van der Waals surface area contributed by atoms with Gasteiger partial charge in [0.1, 0.15) is 17.3 Å². The number of para-hydroxylation sites is 1. The lowest BCUT2D eigenvalue weighted by molar-refractivity contribution is -0.132. The Bertz CT molecular complexity index is 1410. The number of aliphatic hydroxyl groups excluding tert-OH is 1. The molecule has 2 aromatic heterocycles. The Labute approximate surface area is 197 Å². The van der Waals surface area contributed by atoms with Crippen LogP contribution < -0.4 is 14.4 Å². The molecule has 2 aromatic carbocycles. The fraction of sp³-hybridized carbons (Fsp3) is 0.125. The van der Waals surface area contributed by atoms with Crippen molar-refractivity contribution in [2.45, 2.75) is 6.04 Å². The molecule has 1 N–H and O–H groups in total. The van der Waals surface area contributed by atoms with E-state index in [1.165, 1.54) is 34.7 Å². The maximum Gasteiger partial charge on any atom is 0.301 e. The van der Waals surface area contributed by atoms with E-state index in [1.54, 1.807) is 43.5 Å². The lowest BCUT2D eigenvalue weighted by Crippen LogP contribution is -2.29. The molecule has 1 atom stereocenters. The standard InChI is InChI=1S/C24H18N2O5S2/c1-30-14-7-8-16-18(11-14)33-24(25-16)26-20(13-9-10-32-12-13)19(22(28)23(26)29)21(27)15-5-3-4-6-17(15)31-2/h3-12,20,27H,1-2H3. The molecule has 1 amide bonds. The Kier molecular flexibility index (Phi) is 5.35. The van der Waals surface area contributed by atoms with E-state index in [0.29, 0.717) is 33.3 Å². The molecular formula is C24H18N2O5S2. The van der Waals surface area contributed by atoms with Crippen LogP contribution in [0.5, 0.6) is 11.5 Å². The maximum atomic E-state index is 13.3. The summed E-state index contributed by atoms with van der Waals surface area (Å²) in [5.74, 6) is -0.727. The van der Waals surface area contributed by atoms with E-state index in [2.05, 4.69) is 4.98 Å². The van der Waals surface area contributed by atoms with E-state index < -0.39 is 17.7 Å². The summed E-state index contributed by atoms with van der Waals surface area (Å²) < 4.78 is 11.5. The molecule has 166 valence electrons. The Morgan fingerprint density at radius 2 is 1.91 bits per heavy atom. The molecule has 9 heteroatoms. The van der Waals surface area contributed by atoms with Crippen molar-refractivity contribution in [1.29, 1.82) is 0 Å². The van der Waals surface area contributed by atoms with Gasteiger partial charge in [-0.1, -0.05) is 23.5 Å². The number of ketones is 1. The summed E-state index contributed by atoms with van der Waals surface area (Å²) in [5.41, 5.74) is 1.74. The predicted octanol–water partition coefficient (Wildman–Crippen LogP) is 5.00. The van der Waals surface area contributed by atoms with E-state index in [9.17, 15) is 14.7 Å². The zero-order chi connectivity index (χ0) is 23.1. The molecular weight excluding hydrogens is 460 g/mol. The van der Waals surface area contributed by atoms with Crippen molar-refractivity contribution >= 4 is 55.5 Å². The van der Waals surface area contributed by atoms with Crippen LogP contribution in [0.1, 0.15) is 17.2 Å². The number of nitrogens with zero attached hydrogens (tertiary/aromatic N) is 2. The average molecular weight is 479 g/mol. The summed E-state index contributed by atoms with van der Waals surface area (Å²) in [4.78, 5) is 32.5. The Morgan fingerprint density at radius 3 is 2.64 bits per heavy atom. The Hall–Kier alpha value is -3.69. The lowest BCUT2D eigenvalue weighted by Gasteiger charge is -2.22. The van der Waals surface area contributed by atoms with E-state index in [4.69, 9.17) is 9.47 Å². The number of benzene rings is 2. The third kappa shape index (κ3) is 3.46. The lowest BCUT2D eigenvalue weighted by atomic mass is 9.97. The number of ether oxygens (including phenoxy) is 2. The smallest absolute Gasteiger partial charge is 0.301 e. The number of carbonyl (C=O) groups is 2. The normalized spacial score (nSPS) is 17.6. The highest BCUT2D eigenvalue weighted by molar-refractivity contribution is 7.22. The number of methoxy groups -OCH3 is 2. The molecule has 0 spiro atoms. The van der Waals surface area contributed by atoms with Crippen LogP contribution >= 0.6 is 22.7 Å². The number of fused-ring (bicyclic) bond motifs is 1. The minimum atomic E-state index is -0.816. The van der Waals surface area contributed by atoms with Crippen molar-refractivity contribution in [3.8, 4) is 11.5 Å². The Morgan fingerprint density at radius 1 is 1.09 bits per heavy atom. The number of carbonyl (C=O) groups excluding carboxylic acids is 2. The number of Topliss-reactive ketones (excluding diaryl/α,β-unsaturated/α-hetero) is 1. The molecule has 1 unspecified atom stereocenters. The molecule has 3 heterocycles. The fourth-order valence-electron chi connectivity index (χ4n) is 3.88. The molecule has 1 saturated heterocycles. The van der Waals surface area contributed by atoms with Crippen LogP contribution in [0.2, 0.25) is 0 Å². The van der Waals surface area contributed by atoms with Gasteiger partial charge in [0.15, 0.2) is 5.13 Å². The van der Waals surface area contributed by atoms with Crippen LogP contribution in [-0.4, -0.2) is 36.0 Å². The number of rotatable bonds is 5.